The van der Waals surface area contributed by atoms with Crippen molar-refractivity contribution in [1.82, 2.24) is 4.98 Å². The van der Waals surface area contributed by atoms with Gasteiger partial charge in [0, 0.05) is 18.8 Å². The van der Waals surface area contributed by atoms with E-state index in [0.29, 0.717) is 5.56 Å². The Morgan fingerprint density at radius 2 is 2.14 bits per heavy atom. The Labute approximate surface area is 82.6 Å². The molecule has 0 spiro atoms. The summed E-state index contributed by atoms with van der Waals surface area (Å²) < 4.78 is 38.8. The van der Waals surface area contributed by atoms with Crippen LogP contribution in [0.2, 0.25) is 5.02 Å². The summed E-state index contributed by atoms with van der Waals surface area (Å²) in [6.45, 7) is 0.0234. The molecule has 0 saturated heterocycles. The van der Waals surface area contributed by atoms with E-state index in [1.54, 1.807) is 0 Å². The van der Waals surface area contributed by atoms with Crippen molar-refractivity contribution in [3.8, 4) is 5.88 Å². The average Bonchev–Trinajstić information content (AvgIpc) is 2.06. The smallest absolute Gasteiger partial charge is 0.388 e. The van der Waals surface area contributed by atoms with E-state index in [0.717, 1.165) is 12.3 Å². The molecule has 1 heterocycles. The van der Waals surface area contributed by atoms with Crippen molar-refractivity contribution in [2.75, 3.05) is 0 Å². The molecule has 0 aromatic carbocycles. The van der Waals surface area contributed by atoms with Crippen LogP contribution in [0.5, 0.6) is 5.88 Å². The molecule has 78 valence electrons. The quantitative estimate of drug-likeness (QED) is 0.840. The maximum atomic E-state index is 11.8. The minimum atomic E-state index is -4.76. The van der Waals surface area contributed by atoms with Crippen LogP contribution in [0.15, 0.2) is 12.3 Å². The van der Waals surface area contributed by atoms with E-state index in [2.05, 4.69) is 9.72 Å². The van der Waals surface area contributed by atoms with Crippen molar-refractivity contribution in [2.24, 2.45) is 5.73 Å². The fourth-order valence-electron chi connectivity index (χ4n) is 0.789. The van der Waals surface area contributed by atoms with Gasteiger partial charge in [-0.15, -0.1) is 13.2 Å². The number of ether oxygens (including phenoxy) is 1. The standard InChI is InChI=1S/C7H6ClF3N2O/c8-5-3-13-6(1-4(5)2-12)14-7(9,10)11/h1,3H,2,12H2. The monoisotopic (exact) mass is 226 g/mol. The fourth-order valence-corrected chi connectivity index (χ4v) is 0.970. The molecule has 0 radical (unpaired) electrons. The summed E-state index contributed by atoms with van der Waals surface area (Å²) in [5, 5.41) is 0.210. The highest BCUT2D eigenvalue weighted by Gasteiger charge is 2.31. The zero-order chi connectivity index (χ0) is 10.8. The normalized spacial score (nSPS) is 11.5. The fraction of sp³-hybridized carbons (Fsp3) is 0.286. The first-order valence-corrected chi connectivity index (χ1v) is 3.90. The zero-order valence-electron chi connectivity index (χ0n) is 6.81. The number of hydrogen-bond donors (Lipinski definition) is 1. The van der Waals surface area contributed by atoms with Gasteiger partial charge in [-0.3, -0.25) is 0 Å². The summed E-state index contributed by atoms with van der Waals surface area (Å²) in [5.41, 5.74) is 5.58. The van der Waals surface area contributed by atoms with E-state index in [4.69, 9.17) is 17.3 Å². The Morgan fingerprint density at radius 3 is 2.64 bits per heavy atom. The van der Waals surface area contributed by atoms with Gasteiger partial charge in [0.25, 0.3) is 0 Å². The minimum absolute atomic E-state index is 0.0234. The average molecular weight is 227 g/mol. The van der Waals surface area contributed by atoms with Gasteiger partial charge in [0.2, 0.25) is 5.88 Å². The van der Waals surface area contributed by atoms with Crippen molar-refractivity contribution in [1.29, 1.82) is 0 Å². The van der Waals surface area contributed by atoms with Gasteiger partial charge in [-0.1, -0.05) is 11.6 Å². The van der Waals surface area contributed by atoms with Gasteiger partial charge >= 0.3 is 6.36 Å². The second-order valence-electron chi connectivity index (χ2n) is 2.37. The highest BCUT2D eigenvalue weighted by atomic mass is 35.5. The van der Waals surface area contributed by atoms with Crippen LogP contribution in [0.4, 0.5) is 13.2 Å². The minimum Gasteiger partial charge on any atom is -0.388 e. The molecule has 0 saturated carbocycles. The summed E-state index contributed by atoms with van der Waals surface area (Å²) in [7, 11) is 0. The molecule has 0 aliphatic heterocycles. The first kappa shape index (κ1) is 11.1. The van der Waals surface area contributed by atoms with Crippen LogP contribution in [0.25, 0.3) is 0 Å². The van der Waals surface area contributed by atoms with Crippen LogP contribution in [-0.2, 0) is 6.54 Å². The molecule has 0 atom stereocenters. The lowest BCUT2D eigenvalue weighted by Gasteiger charge is -2.08. The lowest BCUT2D eigenvalue weighted by atomic mass is 10.3. The second-order valence-corrected chi connectivity index (χ2v) is 2.77. The molecular weight excluding hydrogens is 221 g/mol. The lowest BCUT2D eigenvalue weighted by molar-refractivity contribution is -0.276. The third-order valence-electron chi connectivity index (χ3n) is 1.35. The topological polar surface area (TPSA) is 48.1 Å². The number of halogens is 4. The maximum Gasteiger partial charge on any atom is 0.574 e. The summed E-state index contributed by atoms with van der Waals surface area (Å²) in [6, 6.07) is 1.05. The lowest BCUT2D eigenvalue weighted by Crippen LogP contribution is -2.18. The Kier molecular flexibility index (Phi) is 3.17. The Bertz CT molecular complexity index is 329. The van der Waals surface area contributed by atoms with E-state index >= 15 is 0 Å². The van der Waals surface area contributed by atoms with Crippen LogP contribution in [0, 0.1) is 0 Å². The predicted octanol–water partition coefficient (Wildman–Crippen LogP) is 2.09. The molecule has 1 rings (SSSR count). The van der Waals surface area contributed by atoms with Gasteiger partial charge < -0.3 is 10.5 Å². The maximum absolute atomic E-state index is 11.8. The second kappa shape index (κ2) is 4.02. The summed E-state index contributed by atoms with van der Waals surface area (Å²) >= 11 is 5.59. The Balaban J connectivity index is 2.90. The summed E-state index contributed by atoms with van der Waals surface area (Å²) in [4.78, 5) is 3.34. The van der Waals surface area contributed by atoms with Gasteiger partial charge in [-0.05, 0) is 5.56 Å². The molecule has 1 aromatic rings. The van der Waals surface area contributed by atoms with Gasteiger partial charge in [-0.2, -0.15) is 0 Å². The van der Waals surface area contributed by atoms with E-state index in [1.165, 1.54) is 0 Å². The van der Waals surface area contributed by atoms with E-state index < -0.39 is 12.2 Å². The molecule has 0 unspecified atom stereocenters. The van der Waals surface area contributed by atoms with Gasteiger partial charge in [0.15, 0.2) is 0 Å². The highest BCUT2D eigenvalue weighted by Crippen LogP contribution is 2.24. The van der Waals surface area contributed by atoms with Crippen molar-refractivity contribution in [3.63, 3.8) is 0 Å². The molecule has 14 heavy (non-hydrogen) atoms. The molecule has 3 nitrogen and oxygen atoms in total. The summed E-state index contributed by atoms with van der Waals surface area (Å²) in [5.74, 6) is -0.567. The number of nitrogens with two attached hydrogens (primary N) is 1. The molecule has 0 bridgehead atoms. The number of rotatable bonds is 2. The largest absolute Gasteiger partial charge is 0.574 e. The SMILES string of the molecule is NCc1cc(OC(F)(F)F)ncc1Cl. The molecule has 2 N–H and O–H groups in total. The Morgan fingerprint density at radius 1 is 1.50 bits per heavy atom. The number of hydrogen-bond acceptors (Lipinski definition) is 3. The van der Waals surface area contributed by atoms with E-state index in [9.17, 15) is 13.2 Å². The first-order valence-electron chi connectivity index (χ1n) is 3.52. The molecule has 0 amide bonds. The molecule has 0 aliphatic carbocycles. The Hall–Kier alpha value is -1.01. The molecule has 0 aliphatic rings. The van der Waals surface area contributed by atoms with Crippen molar-refractivity contribution < 1.29 is 17.9 Å². The van der Waals surface area contributed by atoms with Crippen LogP contribution >= 0.6 is 11.6 Å². The van der Waals surface area contributed by atoms with Gasteiger partial charge in [0.1, 0.15) is 0 Å². The summed E-state index contributed by atoms with van der Waals surface area (Å²) in [6.07, 6.45) is -3.70. The van der Waals surface area contributed by atoms with Crippen LogP contribution in [-0.4, -0.2) is 11.3 Å². The van der Waals surface area contributed by atoms with Crippen LogP contribution < -0.4 is 10.5 Å². The van der Waals surface area contributed by atoms with Gasteiger partial charge in [-0.25, -0.2) is 4.98 Å². The number of aromatic nitrogens is 1. The number of pyridine rings is 1. The van der Waals surface area contributed by atoms with E-state index in [1.807, 2.05) is 0 Å². The molecule has 7 heteroatoms. The van der Waals surface area contributed by atoms with Crippen LogP contribution in [0.1, 0.15) is 5.56 Å². The van der Waals surface area contributed by atoms with Gasteiger partial charge in [0.05, 0.1) is 5.02 Å². The third-order valence-corrected chi connectivity index (χ3v) is 1.69. The zero-order valence-corrected chi connectivity index (χ0v) is 7.56. The molecule has 1 aromatic heterocycles. The van der Waals surface area contributed by atoms with Crippen LogP contribution in [0.3, 0.4) is 0 Å². The van der Waals surface area contributed by atoms with E-state index in [-0.39, 0.29) is 11.6 Å². The van der Waals surface area contributed by atoms with Crippen molar-refractivity contribution in [2.45, 2.75) is 12.9 Å². The first-order chi connectivity index (χ1) is 6.42. The number of nitrogens with zero attached hydrogens (tertiary/aromatic N) is 1. The third kappa shape index (κ3) is 3.04. The van der Waals surface area contributed by atoms with Crippen molar-refractivity contribution >= 4 is 11.6 Å². The highest BCUT2D eigenvalue weighted by molar-refractivity contribution is 6.31. The number of alkyl halides is 3. The van der Waals surface area contributed by atoms with Crippen molar-refractivity contribution in [3.05, 3.63) is 22.8 Å². The predicted molar refractivity (Wildman–Crippen MR) is 43.8 cm³/mol. The molecule has 0 fully saturated rings. The molecular formula is C7H6ClF3N2O.